The molecule has 3 aliphatic carbocycles. The third-order valence-corrected chi connectivity index (χ3v) is 7.87. The fourth-order valence-electron chi connectivity index (χ4n) is 5.81. The lowest BCUT2D eigenvalue weighted by molar-refractivity contribution is -0.142. The van der Waals surface area contributed by atoms with E-state index in [4.69, 9.17) is 0 Å². The van der Waals surface area contributed by atoms with Gasteiger partial charge in [0.2, 0.25) is 11.8 Å². The van der Waals surface area contributed by atoms with Gasteiger partial charge in [0.15, 0.2) is 0 Å². The van der Waals surface area contributed by atoms with E-state index in [1.807, 2.05) is 14.1 Å². The van der Waals surface area contributed by atoms with E-state index < -0.39 is 0 Å². The maximum atomic E-state index is 13.0. The fraction of sp³-hybridized carbons (Fsp3) is 0.917. The zero-order chi connectivity index (χ0) is 19.9. The number of nitrogens with zero attached hydrogens (tertiary/aromatic N) is 2. The van der Waals surface area contributed by atoms with Gasteiger partial charge in [-0.25, -0.2) is 0 Å². The minimum Gasteiger partial charge on any atom is -0.343 e. The first-order valence-corrected chi connectivity index (χ1v) is 12.1. The van der Waals surface area contributed by atoms with Crippen LogP contribution in [0.2, 0.25) is 0 Å². The summed E-state index contributed by atoms with van der Waals surface area (Å²) in [5, 5.41) is 0. The van der Waals surface area contributed by atoms with Gasteiger partial charge in [-0.1, -0.05) is 51.4 Å². The van der Waals surface area contributed by atoms with E-state index in [9.17, 15) is 9.59 Å². The summed E-state index contributed by atoms with van der Waals surface area (Å²) in [6, 6.07) is 0.881. The van der Waals surface area contributed by atoms with Crippen molar-refractivity contribution in [3.63, 3.8) is 0 Å². The lowest BCUT2D eigenvalue weighted by Gasteiger charge is -2.36. The van der Waals surface area contributed by atoms with Crippen molar-refractivity contribution in [2.75, 3.05) is 14.1 Å². The van der Waals surface area contributed by atoms with Crippen LogP contribution in [0.3, 0.4) is 0 Å². The molecule has 0 aromatic rings. The van der Waals surface area contributed by atoms with Crippen LogP contribution in [0.25, 0.3) is 0 Å². The van der Waals surface area contributed by atoms with Crippen LogP contribution in [-0.2, 0) is 9.59 Å². The summed E-state index contributed by atoms with van der Waals surface area (Å²) in [7, 11) is 4.05. The van der Waals surface area contributed by atoms with E-state index in [-0.39, 0.29) is 11.8 Å². The van der Waals surface area contributed by atoms with Crippen LogP contribution in [0.1, 0.15) is 103 Å². The Morgan fingerprint density at radius 3 is 1.07 bits per heavy atom. The predicted octanol–water partition coefficient (Wildman–Crippen LogP) is 5.16. The number of hydrogen-bond acceptors (Lipinski definition) is 2. The quantitative estimate of drug-likeness (QED) is 0.623. The molecule has 0 N–H and O–H groups in total. The second-order valence-electron chi connectivity index (χ2n) is 9.74. The number of amides is 2. The van der Waals surface area contributed by atoms with Crippen LogP contribution >= 0.6 is 0 Å². The van der Waals surface area contributed by atoms with Crippen LogP contribution in [-0.4, -0.2) is 47.8 Å². The van der Waals surface area contributed by atoms with Crippen LogP contribution in [0.5, 0.6) is 0 Å². The minimum absolute atomic E-state index is 0.139. The Hall–Kier alpha value is -1.06. The summed E-state index contributed by atoms with van der Waals surface area (Å²) >= 11 is 0. The average Bonchev–Trinajstić information content (AvgIpc) is 3.17. The fourth-order valence-corrected chi connectivity index (χ4v) is 5.81. The smallest absolute Gasteiger partial charge is 0.225 e. The Bertz CT molecular complexity index is 451. The Kier molecular flexibility index (Phi) is 8.23. The summed E-state index contributed by atoms with van der Waals surface area (Å²) in [5.41, 5.74) is 0. The van der Waals surface area contributed by atoms with Crippen molar-refractivity contribution in [1.29, 1.82) is 0 Å². The summed E-state index contributed by atoms with van der Waals surface area (Å²) in [6.07, 6.45) is 18.6. The highest BCUT2D eigenvalue weighted by atomic mass is 16.2. The maximum Gasteiger partial charge on any atom is 0.225 e. The third-order valence-electron chi connectivity index (χ3n) is 7.87. The molecule has 2 amide bonds. The molecular formula is C24H42N2O2. The SMILES string of the molecule is CN(C(=O)C1CCC(C(=O)N(C)C2CCCCCC2)CC1)C1CCCCCC1. The van der Waals surface area contributed by atoms with E-state index in [0.717, 1.165) is 25.7 Å². The number of hydrogen-bond donors (Lipinski definition) is 0. The monoisotopic (exact) mass is 390 g/mol. The molecule has 0 aromatic carbocycles. The second kappa shape index (κ2) is 10.6. The average molecular weight is 391 g/mol. The third kappa shape index (κ3) is 5.51. The molecule has 4 heteroatoms. The Morgan fingerprint density at radius 1 is 0.500 bits per heavy atom. The Labute approximate surface area is 172 Å². The second-order valence-corrected chi connectivity index (χ2v) is 9.74. The van der Waals surface area contributed by atoms with Crippen molar-refractivity contribution in [2.24, 2.45) is 11.8 Å². The molecule has 0 unspecified atom stereocenters. The van der Waals surface area contributed by atoms with Gasteiger partial charge in [0.05, 0.1) is 0 Å². The molecule has 3 saturated carbocycles. The van der Waals surface area contributed by atoms with Crippen molar-refractivity contribution in [3.05, 3.63) is 0 Å². The van der Waals surface area contributed by atoms with Gasteiger partial charge in [-0.3, -0.25) is 9.59 Å². The standard InChI is InChI=1S/C24H42N2O2/c1-25(21-11-7-3-4-8-12-21)23(27)19-15-17-20(18-16-19)24(28)26(2)22-13-9-5-6-10-14-22/h19-22H,3-18H2,1-2H3. The van der Waals surface area contributed by atoms with Crippen LogP contribution in [0.15, 0.2) is 0 Å². The van der Waals surface area contributed by atoms with E-state index in [1.54, 1.807) is 0 Å². The number of rotatable bonds is 4. The van der Waals surface area contributed by atoms with Gasteiger partial charge in [0, 0.05) is 38.0 Å². The molecule has 0 aliphatic heterocycles. The van der Waals surface area contributed by atoms with Gasteiger partial charge >= 0.3 is 0 Å². The molecule has 0 aromatic heterocycles. The first-order valence-electron chi connectivity index (χ1n) is 12.1. The highest BCUT2D eigenvalue weighted by Crippen LogP contribution is 2.33. The van der Waals surface area contributed by atoms with Gasteiger partial charge in [-0.05, 0) is 51.4 Å². The largest absolute Gasteiger partial charge is 0.343 e. The van der Waals surface area contributed by atoms with Gasteiger partial charge in [-0.15, -0.1) is 0 Å². The molecule has 28 heavy (non-hydrogen) atoms. The van der Waals surface area contributed by atoms with Crippen LogP contribution in [0.4, 0.5) is 0 Å². The van der Waals surface area contributed by atoms with Crippen molar-refractivity contribution in [2.45, 2.75) is 115 Å². The Morgan fingerprint density at radius 2 is 0.786 bits per heavy atom. The first-order chi connectivity index (χ1) is 13.6. The van der Waals surface area contributed by atoms with E-state index in [2.05, 4.69) is 9.80 Å². The number of carbonyl (C=O) groups excluding carboxylic acids is 2. The molecule has 3 rings (SSSR count). The van der Waals surface area contributed by atoms with Gasteiger partial charge in [0.25, 0.3) is 0 Å². The highest BCUT2D eigenvalue weighted by Gasteiger charge is 2.35. The van der Waals surface area contributed by atoms with E-state index >= 15 is 0 Å². The van der Waals surface area contributed by atoms with Gasteiger partial charge in [-0.2, -0.15) is 0 Å². The molecule has 4 nitrogen and oxygen atoms in total. The van der Waals surface area contributed by atoms with Crippen molar-refractivity contribution < 1.29 is 9.59 Å². The first kappa shape index (κ1) is 21.6. The summed E-state index contributed by atoms with van der Waals surface area (Å²) in [5.74, 6) is 0.964. The maximum absolute atomic E-state index is 13.0. The topological polar surface area (TPSA) is 40.6 Å². The van der Waals surface area contributed by atoms with Gasteiger partial charge in [0.1, 0.15) is 0 Å². The van der Waals surface area contributed by atoms with Crippen molar-refractivity contribution >= 4 is 11.8 Å². The molecule has 160 valence electrons. The van der Waals surface area contributed by atoms with E-state index in [0.29, 0.717) is 23.9 Å². The van der Waals surface area contributed by atoms with Crippen molar-refractivity contribution in [1.82, 2.24) is 9.80 Å². The highest BCUT2D eigenvalue weighted by molar-refractivity contribution is 5.81. The summed E-state index contributed by atoms with van der Waals surface area (Å²) < 4.78 is 0. The summed E-state index contributed by atoms with van der Waals surface area (Å²) in [4.78, 5) is 30.2. The van der Waals surface area contributed by atoms with Crippen molar-refractivity contribution in [3.8, 4) is 0 Å². The molecule has 0 atom stereocenters. The molecule has 0 bridgehead atoms. The van der Waals surface area contributed by atoms with Gasteiger partial charge < -0.3 is 9.80 Å². The predicted molar refractivity (Wildman–Crippen MR) is 114 cm³/mol. The molecule has 3 aliphatic rings. The lowest BCUT2D eigenvalue weighted by Crippen LogP contribution is -2.44. The summed E-state index contributed by atoms with van der Waals surface area (Å²) in [6.45, 7) is 0. The molecule has 0 spiro atoms. The normalized spacial score (nSPS) is 28.2. The molecule has 3 fully saturated rings. The number of carbonyl (C=O) groups is 2. The lowest BCUT2D eigenvalue weighted by atomic mass is 9.80. The minimum atomic E-state index is 0.139. The zero-order valence-corrected chi connectivity index (χ0v) is 18.3. The molecular weight excluding hydrogens is 348 g/mol. The van der Waals surface area contributed by atoms with Crippen LogP contribution in [0, 0.1) is 11.8 Å². The Balaban J connectivity index is 1.47. The van der Waals surface area contributed by atoms with E-state index in [1.165, 1.54) is 77.0 Å². The molecule has 0 saturated heterocycles. The molecule has 0 radical (unpaired) electrons. The zero-order valence-electron chi connectivity index (χ0n) is 18.3. The molecule has 0 heterocycles. The van der Waals surface area contributed by atoms with Crippen LogP contribution < -0.4 is 0 Å².